The van der Waals surface area contributed by atoms with Crippen LogP contribution in [0.1, 0.15) is 26.2 Å². The second kappa shape index (κ2) is 3.92. The Bertz CT molecular complexity index is 335. The van der Waals surface area contributed by atoms with Crippen molar-refractivity contribution in [1.82, 2.24) is 0 Å². The van der Waals surface area contributed by atoms with Gasteiger partial charge in [-0.3, -0.25) is 4.79 Å². The van der Waals surface area contributed by atoms with Crippen LogP contribution in [0.4, 0.5) is 0 Å². The second-order valence-corrected chi connectivity index (χ2v) is 4.83. The Morgan fingerprint density at radius 1 is 1.50 bits per heavy atom. The Hall–Kier alpha value is -1.32. The maximum atomic E-state index is 11.0. The number of carboxylic acid groups (broad SMARTS) is 1. The fourth-order valence-corrected chi connectivity index (χ4v) is 2.94. The van der Waals surface area contributed by atoms with Gasteiger partial charge in [-0.15, -0.1) is 0 Å². The third kappa shape index (κ3) is 1.72. The predicted octanol–water partition coefficient (Wildman–Crippen LogP) is 1.60. The number of carboxylic acids is 1. The van der Waals surface area contributed by atoms with Crippen molar-refractivity contribution < 1.29 is 19.4 Å². The first-order valence-electron chi connectivity index (χ1n) is 5.60. The molecule has 4 heteroatoms. The van der Waals surface area contributed by atoms with Crippen molar-refractivity contribution in [1.29, 1.82) is 0 Å². The van der Waals surface area contributed by atoms with E-state index in [-0.39, 0.29) is 11.5 Å². The van der Waals surface area contributed by atoms with Crippen LogP contribution in [0.3, 0.4) is 0 Å². The van der Waals surface area contributed by atoms with Crippen molar-refractivity contribution in [3.8, 4) is 0 Å². The third-order valence-electron chi connectivity index (χ3n) is 3.75. The lowest BCUT2D eigenvalue weighted by Gasteiger charge is -2.19. The summed E-state index contributed by atoms with van der Waals surface area (Å²) in [6.07, 6.45) is 4.02. The van der Waals surface area contributed by atoms with E-state index in [2.05, 4.69) is 6.58 Å². The maximum Gasteiger partial charge on any atom is 0.330 e. The van der Waals surface area contributed by atoms with Gasteiger partial charge in [-0.1, -0.05) is 6.58 Å². The van der Waals surface area contributed by atoms with Gasteiger partial charge in [0.2, 0.25) is 0 Å². The fourth-order valence-electron chi connectivity index (χ4n) is 2.94. The molecule has 4 unspecified atom stereocenters. The Kier molecular flexibility index (Phi) is 2.74. The lowest BCUT2D eigenvalue weighted by Crippen LogP contribution is -2.22. The van der Waals surface area contributed by atoms with Gasteiger partial charge in [0, 0.05) is 11.5 Å². The maximum absolute atomic E-state index is 11.0. The normalized spacial score (nSPS) is 37.7. The SMILES string of the molecule is C=C(C)C(=O)O.O=C1OC2C3CCC2C1C3. The first-order valence-corrected chi connectivity index (χ1v) is 5.60. The topological polar surface area (TPSA) is 63.6 Å². The summed E-state index contributed by atoms with van der Waals surface area (Å²) in [5.74, 6) is 0.829. The van der Waals surface area contributed by atoms with Crippen LogP contribution in [0.15, 0.2) is 12.2 Å². The number of hydrogen-bond donors (Lipinski definition) is 1. The van der Waals surface area contributed by atoms with Crippen molar-refractivity contribution in [3.05, 3.63) is 12.2 Å². The molecule has 16 heavy (non-hydrogen) atoms. The van der Waals surface area contributed by atoms with Crippen molar-refractivity contribution in [2.24, 2.45) is 17.8 Å². The molecule has 1 aliphatic heterocycles. The minimum atomic E-state index is -0.935. The first-order chi connectivity index (χ1) is 7.50. The van der Waals surface area contributed by atoms with Crippen LogP contribution in [0.2, 0.25) is 0 Å². The molecule has 0 amide bonds. The Balaban J connectivity index is 0.000000142. The molecular formula is C12H16O4. The molecule has 0 aromatic carbocycles. The summed E-state index contributed by atoms with van der Waals surface area (Å²) in [5.41, 5.74) is 0.176. The van der Waals surface area contributed by atoms with Crippen molar-refractivity contribution in [3.63, 3.8) is 0 Å². The highest BCUT2D eigenvalue weighted by Gasteiger charge is 2.58. The van der Waals surface area contributed by atoms with Gasteiger partial charge in [0.15, 0.2) is 0 Å². The highest BCUT2D eigenvalue weighted by atomic mass is 16.6. The fraction of sp³-hybridized carbons (Fsp3) is 0.667. The molecule has 88 valence electrons. The number of hydrogen-bond acceptors (Lipinski definition) is 3. The van der Waals surface area contributed by atoms with Crippen molar-refractivity contribution in [2.45, 2.75) is 32.3 Å². The molecule has 4 nitrogen and oxygen atoms in total. The van der Waals surface area contributed by atoms with Gasteiger partial charge in [-0.05, 0) is 32.1 Å². The zero-order valence-corrected chi connectivity index (χ0v) is 9.31. The molecule has 0 aromatic rings. The number of carbonyl (C=O) groups is 2. The van der Waals surface area contributed by atoms with Gasteiger partial charge in [0.1, 0.15) is 6.10 Å². The smallest absolute Gasteiger partial charge is 0.330 e. The summed E-state index contributed by atoms with van der Waals surface area (Å²) in [4.78, 5) is 20.6. The van der Waals surface area contributed by atoms with Gasteiger partial charge < -0.3 is 9.84 Å². The Labute approximate surface area is 94.3 Å². The molecule has 0 aromatic heterocycles. The zero-order chi connectivity index (χ0) is 11.9. The van der Waals surface area contributed by atoms with Crippen molar-refractivity contribution in [2.75, 3.05) is 0 Å². The van der Waals surface area contributed by atoms with Crippen LogP contribution in [0.5, 0.6) is 0 Å². The molecule has 4 bridgehead atoms. The molecule has 3 fully saturated rings. The van der Waals surface area contributed by atoms with Gasteiger partial charge in [-0.2, -0.15) is 0 Å². The summed E-state index contributed by atoms with van der Waals surface area (Å²) in [6.45, 7) is 4.60. The second-order valence-electron chi connectivity index (χ2n) is 4.83. The van der Waals surface area contributed by atoms with Crippen LogP contribution >= 0.6 is 0 Å². The van der Waals surface area contributed by atoms with E-state index < -0.39 is 5.97 Å². The molecule has 2 aliphatic carbocycles. The summed E-state index contributed by atoms with van der Waals surface area (Å²) >= 11 is 0. The van der Waals surface area contributed by atoms with Crippen LogP contribution in [-0.2, 0) is 14.3 Å². The van der Waals surface area contributed by atoms with Crippen molar-refractivity contribution >= 4 is 11.9 Å². The summed E-state index contributed by atoms with van der Waals surface area (Å²) in [6, 6.07) is 0. The Morgan fingerprint density at radius 2 is 2.12 bits per heavy atom. The monoisotopic (exact) mass is 224 g/mol. The highest BCUT2D eigenvalue weighted by Crippen LogP contribution is 2.54. The highest BCUT2D eigenvalue weighted by molar-refractivity contribution is 5.84. The van der Waals surface area contributed by atoms with Gasteiger partial charge >= 0.3 is 11.9 Å². The lowest BCUT2D eigenvalue weighted by atomic mass is 9.89. The number of carbonyl (C=O) groups excluding carboxylic acids is 1. The molecule has 0 spiro atoms. The molecule has 1 saturated heterocycles. The average Bonchev–Trinajstić information content (AvgIpc) is 2.85. The molecule has 0 radical (unpaired) electrons. The van der Waals surface area contributed by atoms with Crippen LogP contribution in [0.25, 0.3) is 0 Å². The zero-order valence-electron chi connectivity index (χ0n) is 9.31. The number of rotatable bonds is 1. The molecular weight excluding hydrogens is 208 g/mol. The minimum absolute atomic E-state index is 0.0888. The molecule has 1 N–H and O–H groups in total. The van der Waals surface area contributed by atoms with E-state index in [1.165, 1.54) is 19.8 Å². The van der Waals surface area contributed by atoms with E-state index in [0.29, 0.717) is 17.9 Å². The molecule has 2 saturated carbocycles. The number of esters is 1. The van der Waals surface area contributed by atoms with Gasteiger partial charge in [0.25, 0.3) is 0 Å². The van der Waals surface area contributed by atoms with E-state index in [1.54, 1.807) is 0 Å². The Morgan fingerprint density at radius 3 is 2.50 bits per heavy atom. The van der Waals surface area contributed by atoms with Gasteiger partial charge in [0.05, 0.1) is 5.92 Å². The van der Waals surface area contributed by atoms with Crippen LogP contribution in [-0.4, -0.2) is 23.1 Å². The van der Waals surface area contributed by atoms with E-state index in [0.717, 1.165) is 12.3 Å². The first kappa shape index (κ1) is 11.2. The lowest BCUT2D eigenvalue weighted by molar-refractivity contribution is -0.150. The van der Waals surface area contributed by atoms with E-state index in [9.17, 15) is 9.59 Å². The average molecular weight is 224 g/mol. The molecule has 3 aliphatic rings. The van der Waals surface area contributed by atoms with E-state index >= 15 is 0 Å². The predicted molar refractivity (Wildman–Crippen MR) is 56.7 cm³/mol. The summed E-state index contributed by atoms with van der Waals surface area (Å²) in [7, 11) is 0. The van der Waals surface area contributed by atoms with Crippen LogP contribution < -0.4 is 0 Å². The number of aliphatic carboxylic acids is 1. The van der Waals surface area contributed by atoms with E-state index in [1.807, 2.05) is 0 Å². The quantitative estimate of drug-likeness (QED) is 0.543. The van der Waals surface area contributed by atoms with E-state index in [4.69, 9.17) is 9.84 Å². The standard InChI is InChI=1S/C8H10O2.C4H6O2/c9-8-6-3-4-1-2-5(6)7(4)10-8;1-3(2)4(5)6/h4-7H,1-3H2;1H2,2H3,(H,5,6). The number of ether oxygens (including phenoxy) is 1. The third-order valence-corrected chi connectivity index (χ3v) is 3.75. The molecule has 3 rings (SSSR count). The summed E-state index contributed by atoms with van der Waals surface area (Å²) in [5, 5.41) is 7.89. The molecule has 1 heterocycles. The largest absolute Gasteiger partial charge is 0.478 e. The van der Waals surface area contributed by atoms with Gasteiger partial charge in [-0.25, -0.2) is 4.79 Å². The summed E-state index contributed by atoms with van der Waals surface area (Å²) < 4.78 is 5.21. The minimum Gasteiger partial charge on any atom is -0.478 e. The van der Waals surface area contributed by atoms with Crippen LogP contribution in [0, 0.1) is 17.8 Å². The molecule has 4 atom stereocenters.